The lowest BCUT2D eigenvalue weighted by Gasteiger charge is -2.21. The number of ether oxygens (including phenoxy) is 3. The first-order valence-corrected chi connectivity index (χ1v) is 6.35. The van der Waals surface area contributed by atoms with Crippen molar-refractivity contribution >= 4 is 11.6 Å². The van der Waals surface area contributed by atoms with E-state index in [1.807, 2.05) is 0 Å². The van der Waals surface area contributed by atoms with Crippen LogP contribution in [0.2, 0.25) is 5.02 Å². The van der Waals surface area contributed by atoms with Gasteiger partial charge in [0.25, 0.3) is 0 Å². The van der Waals surface area contributed by atoms with Crippen molar-refractivity contribution in [1.29, 1.82) is 5.26 Å². The number of nitriles is 1. The van der Waals surface area contributed by atoms with Gasteiger partial charge in [-0.2, -0.15) is 5.26 Å². The SMILES string of the molecule is N#CC(OCCCO)c1cc(Cl)c2c(c1)OCCO2. The number of fused-ring (bicyclic) bond motifs is 1. The van der Waals surface area contributed by atoms with E-state index in [9.17, 15) is 0 Å². The zero-order chi connectivity index (χ0) is 13.7. The minimum Gasteiger partial charge on any atom is -0.486 e. The molecule has 5 nitrogen and oxygen atoms in total. The maximum Gasteiger partial charge on any atom is 0.179 e. The molecule has 0 saturated carbocycles. The van der Waals surface area contributed by atoms with Crippen molar-refractivity contribution < 1.29 is 19.3 Å². The average Bonchev–Trinajstić information content (AvgIpc) is 2.44. The lowest BCUT2D eigenvalue weighted by Crippen LogP contribution is -2.16. The number of aliphatic hydroxyl groups excluding tert-OH is 1. The Morgan fingerprint density at radius 2 is 2.21 bits per heavy atom. The van der Waals surface area contributed by atoms with Crippen LogP contribution in [0.25, 0.3) is 0 Å². The Labute approximate surface area is 116 Å². The highest BCUT2D eigenvalue weighted by molar-refractivity contribution is 6.32. The molecule has 0 spiro atoms. The van der Waals surface area contributed by atoms with E-state index < -0.39 is 6.10 Å². The highest BCUT2D eigenvalue weighted by Gasteiger charge is 2.20. The number of aliphatic hydroxyl groups is 1. The summed E-state index contributed by atoms with van der Waals surface area (Å²) in [5, 5.41) is 18.2. The minimum atomic E-state index is -0.736. The zero-order valence-electron chi connectivity index (χ0n) is 10.3. The summed E-state index contributed by atoms with van der Waals surface area (Å²) in [7, 11) is 0. The fourth-order valence-corrected chi connectivity index (χ4v) is 2.03. The molecule has 1 heterocycles. The standard InChI is InChI=1S/C13H14ClNO4/c14-10-6-9(12(8-15)17-3-1-2-16)7-11-13(10)19-5-4-18-11/h6-7,12,16H,1-5H2. The van der Waals surface area contributed by atoms with Gasteiger partial charge in [0.05, 0.1) is 17.7 Å². The molecular formula is C13H14ClNO4. The van der Waals surface area contributed by atoms with E-state index in [1.54, 1.807) is 12.1 Å². The van der Waals surface area contributed by atoms with E-state index in [-0.39, 0.29) is 6.61 Å². The highest BCUT2D eigenvalue weighted by atomic mass is 35.5. The van der Waals surface area contributed by atoms with E-state index in [0.717, 1.165) is 0 Å². The fourth-order valence-electron chi connectivity index (χ4n) is 1.76. The quantitative estimate of drug-likeness (QED) is 0.838. The third-order valence-corrected chi connectivity index (χ3v) is 2.91. The monoisotopic (exact) mass is 283 g/mol. The molecule has 19 heavy (non-hydrogen) atoms. The first-order valence-electron chi connectivity index (χ1n) is 5.97. The molecule has 1 unspecified atom stereocenters. The molecule has 0 aliphatic carbocycles. The van der Waals surface area contributed by atoms with E-state index in [0.29, 0.717) is 48.3 Å². The fraction of sp³-hybridized carbons (Fsp3) is 0.462. The predicted octanol–water partition coefficient (Wildman–Crippen LogP) is 2.07. The maximum absolute atomic E-state index is 9.12. The van der Waals surface area contributed by atoms with Gasteiger partial charge in [0.15, 0.2) is 17.6 Å². The second-order valence-electron chi connectivity index (χ2n) is 3.98. The number of hydrogen-bond donors (Lipinski definition) is 1. The van der Waals surface area contributed by atoms with Crippen LogP contribution in [-0.2, 0) is 4.74 Å². The molecule has 1 aliphatic rings. The Morgan fingerprint density at radius 3 is 2.95 bits per heavy atom. The topological polar surface area (TPSA) is 71.7 Å². The molecular weight excluding hydrogens is 270 g/mol. The molecule has 0 amide bonds. The van der Waals surface area contributed by atoms with Gasteiger partial charge < -0.3 is 19.3 Å². The number of nitrogens with zero attached hydrogens (tertiary/aromatic N) is 1. The van der Waals surface area contributed by atoms with E-state index in [1.165, 1.54) is 0 Å². The van der Waals surface area contributed by atoms with E-state index >= 15 is 0 Å². The smallest absolute Gasteiger partial charge is 0.179 e. The average molecular weight is 284 g/mol. The Bertz CT molecular complexity index is 486. The molecule has 6 heteroatoms. The van der Waals surface area contributed by atoms with Crippen LogP contribution in [0.3, 0.4) is 0 Å². The van der Waals surface area contributed by atoms with Crippen molar-refractivity contribution in [2.45, 2.75) is 12.5 Å². The van der Waals surface area contributed by atoms with Crippen molar-refractivity contribution in [1.82, 2.24) is 0 Å². The molecule has 2 rings (SSSR count). The Balaban J connectivity index is 2.19. The largest absolute Gasteiger partial charge is 0.486 e. The van der Waals surface area contributed by atoms with Gasteiger partial charge in [0.1, 0.15) is 13.2 Å². The lowest BCUT2D eigenvalue weighted by atomic mass is 10.1. The molecule has 1 aromatic rings. The summed E-state index contributed by atoms with van der Waals surface area (Å²) in [6, 6.07) is 5.39. The van der Waals surface area contributed by atoms with Crippen molar-refractivity contribution in [3.63, 3.8) is 0 Å². The molecule has 0 fully saturated rings. The van der Waals surface area contributed by atoms with Gasteiger partial charge >= 0.3 is 0 Å². The second-order valence-corrected chi connectivity index (χ2v) is 4.39. The van der Waals surface area contributed by atoms with Crippen LogP contribution < -0.4 is 9.47 Å². The molecule has 0 radical (unpaired) electrons. The van der Waals surface area contributed by atoms with Gasteiger partial charge in [-0.3, -0.25) is 0 Å². The summed E-state index contributed by atoms with van der Waals surface area (Å²) in [5.74, 6) is 1.03. The molecule has 1 N–H and O–H groups in total. The Morgan fingerprint density at radius 1 is 1.42 bits per heavy atom. The number of rotatable bonds is 5. The Hall–Kier alpha value is -1.48. The van der Waals surface area contributed by atoms with Crippen molar-refractivity contribution in [3.05, 3.63) is 22.7 Å². The number of benzene rings is 1. The third kappa shape index (κ3) is 3.29. The summed E-state index contributed by atoms with van der Waals surface area (Å²) >= 11 is 6.10. The van der Waals surface area contributed by atoms with Crippen LogP contribution in [0.5, 0.6) is 11.5 Å². The zero-order valence-corrected chi connectivity index (χ0v) is 11.0. The summed E-state index contributed by atoms with van der Waals surface area (Å²) in [6.45, 7) is 1.25. The summed E-state index contributed by atoms with van der Waals surface area (Å²) < 4.78 is 16.2. The van der Waals surface area contributed by atoms with Crippen LogP contribution in [0.1, 0.15) is 18.1 Å². The molecule has 0 bridgehead atoms. The van der Waals surface area contributed by atoms with Crippen LogP contribution in [0.15, 0.2) is 12.1 Å². The summed E-state index contributed by atoms with van der Waals surface area (Å²) in [4.78, 5) is 0. The molecule has 1 aliphatic heterocycles. The van der Waals surface area contributed by atoms with Crippen molar-refractivity contribution in [2.24, 2.45) is 0 Å². The Kier molecular flexibility index (Phi) is 4.86. The van der Waals surface area contributed by atoms with Gasteiger partial charge in [-0.15, -0.1) is 0 Å². The normalized spacial score (nSPS) is 14.8. The van der Waals surface area contributed by atoms with Gasteiger partial charge in [0, 0.05) is 12.2 Å². The molecule has 1 aromatic carbocycles. The predicted molar refractivity (Wildman–Crippen MR) is 68.5 cm³/mol. The van der Waals surface area contributed by atoms with Crippen LogP contribution >= 0.6 is 11.6 Å². The number of hydrogen-bond acceptors (Lipinski definition) is 5. The van der Waals surface area contributed by atoms with Gasteiger partial charge in [-0.25, -0.2) is 0 Å². The minimum absolute atomic E-state index is 0.0278. The first-order chi connectivity index (χ1) is 9.26. The van der Waals surface area contributed by atoms with Gasteiger partial charge in [0.2, 0.25) is 0 Å². The van der Waals surface area contributed by atoms with Crippen LogP contribution in [-0.4, -0.2) is 31.5 Å². The van der Waals surface area contributed by atoms with Gasteiger partial charge in [-0.1, -0.05) is 11.6 Å². The first kappa shape index (κ1) is 13.9. The summed E-state index contributed by atoms with van der Waals surface area (Å²) in [5.41, 5.74) is 0.620. The summed E-state index contributed by atoms with van der Waals surface area (Å²) in [6.07, 6.45) is -0.254. The van der Waals surface area contributed by atoms with Gasteiger partial charge in [-0.05, 0) is 18.6 Å². The third-order valence-electron chi connectivity index (χ3n) is 2.63. The van der Waals surface area contributed by atoms with Crippen LogP contribution in [0, 0.1) is 11.3 Å². The lowest BCUT2D eigenvalue weighted by molar-refractivity contribution is 0.0769. The molecule has 0 saturated heterocycles. The van der Waals surface area contributed by atoms with Crippen LogP contribution in [0.4, 0.5) is 0 Å². The molecule has 1 atom stereocenters. The van der Waals surface area contributed by atoms with Crippen molar-refractivity contribution in [2.75, 3.05) is 26.4 Å². The van der Waals surface area contributed by atoms with E-state index in [4.69, 9.17) is 36.2 Å². The van der Waals surface area contributed by atoms with E-state index in [2.05, 4.69) is 6.07 Å². The second kappa shape index (κ2) is 6.62. The maximum atomic E-state index is 9.12. The highest BCUT2D eigenvalue weighted by Crippen LogP contribution is 2.40. The van der Waals surface area contributed by atoms with Crippen molar-refractivity contribution in [3.8, 4) is 17.6 Å². The molecule has 0 aromatic heterocycles. The number of halogens is 1. The molecule has 102 valence electrons.